The molecular weight excluding hydrogens is 415 g/mol. The summed E-state index contributed by atoms with van der Waals surface area (Å²) >= 11 is 2.02. The molecule has 126 valence electrons. The van der Waals surface area contributed by atoms with Crippen LogP contribution in [0.2, 0.25) is 0 Å². The van der Waals surface area contributed by atoms with Crippen molar-refractivity contribution in [2.24, 2.45) is 0 Å². The van der Waals surface area contributed by atoms with Gasteiger partial charge in [-0.3, -0.25) is 0 Å². The Hall–Kier alpha value is -1.50. The van der Waals surface area contributed by atoms with Crippen molar-refractivity contribution in [3.05, 3.63) is 21.3 Å². The number of hydrogen-bond acceptors (Lipinski definition) is 6. The molecule has 0 amide bonds. The summed E-state index contributed by atoms with van der Waals surface area (Å²) in [6.45, 7) is 1.81. The first-order chi connectivity index (χ1) is 11.0. The Kier molecular flexibility index (Phi) is 8.76. The van der Waals surface area contributed by atoms with Crippen LogP contribution in [0, 0.1) is 15.9 Å². The monoisotopic (exact) mass is 434 g/mol. The second-order valence-electron chi connectivity index (χ2n) is 4.50. The second kappa shape index (κ2) is 10.3. The van der Waals surface area contributed by atoms with Gasteiger partial charge in [0.2, 0.25) is 0 Å². The number of halogens is 1. The highest BCUT2D eigenvalue weighted by atomic mass is 127. The van der Waals surface area contributed by atoms with E-state index in [9.17, 15) is 4.79 Å². The number of benzene rings is 1. The Balaban J connectivity index is 3.07. The summed E-state index contributed by atoms with van der Waals surface area (Å²) in [5, 5.41) is 0. The third-order valence-corrected chi connectivity index (χ3v) is 3.47. The maximum Gasteiger partial charge on any atom is 0.343 e. The number of carbonyl (C=O) groups is 1. The quantitative estimate of drug-likeness (QED) is 0.258. The van der Waals surface area contributed by atoms with Gasteiger partial charge in [0.05, 0.1) is 0 Å². The molecule has 6 nitrogen and oxygen atoms in total. The number of esters is 1. The largest absolute Gasteiger partial charge is 0.467 e. The molecule has 0 aromatic heterocycles. The minimum atomic E-state index is -0.512. The van der Waals surface area contributed by atoms with E-state index in [1.807, 2.05) is 22.6 Å². The molecule has 1 atom stereocenters. The molecule has 0 saturated carbocycles. The summed E-state index contributed by atoms with van der Waals surface area (Å²) < 4.78 is 26.6. The Morgan fingerprint density at radius 2 is 1.91 bits per heavy atom. The average molecular weight is 434 g/mol. The second-order valence-corrected chi connectivity index (χ2v) is 5.67. The van der Waals surface area contributed by atoms with Crippen LogP contribution in [0.3, 0.4) is 0 Å². The van der Waals surface area contributed by atoms with Gasteiger partial charge in [0.25, 0.3) is 0 Å². The Morgan fingerprint density at radius 1 is 1.26 bits per heavy atom. The lowest BCUT2D eigenvalue weighted by molar-refractivity contribution is 0.0312. The fraction of sp³-hybridized carbons (Fsp3) is 0.438. The zero-order valence-electron chi connectivity index (χ0n) is 13.3. The maximum absolute atomic E-state index is 12.4. The van der Waals surface area contributed by atoms with Gasteiger partial charge in [-0.05, 0) is 35.6 Å². The van der Waals surface area contributed by atoms with Crippen molar-refractivity contribution in [1.29, 1.82) is 0 Å². The van der Waals surface area contributed by atoms with Gasteiger partial charge in [-0.2, -0.15) is 0 Å². The molecule has 1 aromatic carbocycles. The summed E-state index contributed by atoms with van der Waals surface area (Å²) in [7, 11) is 3.01. The van der Waals surface area contributed by atoms with Crippen LogP contribution in [-0.2, 0) is 14.2 Å². The van der Waals surface area contributed by atoms with E-state index in [4.69, 9.17) is 30.1 Å². The van der Waals surface area contributed by atoms with Gasteiger partial charge >= 0.3 is 5.97 Å². The lowest BCUT2D eigenvalue weighted by Crippen LogP contribution is -2.17. The molecule has 0 aliphatic rings. The topological polar surface area (TPSA) is 63.2 Å². The molecule has 1 rings (SSSR count). The zero-order chi connectivity index (χ0) is 17.2. The molecule has 0 unspecified atom stereocenters. The van der Waals surface area contributed by atoms with Gasteiger partial charge < -0.3 is 23.7 Å². The molecule has 0 fully saturated rings. The van der Waals surface area contributed by atoms with Gasteiger partial charge in [0, 0.05) is 30.3 Å². The van der Waals surface area contributed by atoms with Gasteiger partial charge in [-0.25, -0.2) is 4.79 Å². The van der Waals surface area contributed by atoms with Gasteiger partial charge in [-0.15, -0.1) is 12.3 Å². The van der Waals surface area contributed by atoms with Crippen molar-refractivity contribution in [3.8, 4) is 23.8 Å². The van der Waals surface area contributed by atoms with Crippen molar-refractivity contribution >= 4 is 28.6 Å². The maximum atomic E-state index is 12.4. The van der Waals surface area contributed by atoms with Crippen LogP contribution in [0.15, 0.2) is 12.1 Å². The third-order valence-electron chi connectivity index (χ3n) is 2.62. The minimum absolute atomic E-state index is 0.00992. The molecule has 7 heteroatoms. The lowest BCUT2D eigenvalue weighted by Gasteiger charge is -2.16. The molecule has 23 heavy (non-hydrogen) atoms. The first-order valence-corrected chi connectivity index (χ1v) is 7.82. The highest BCUT2D eigenvalue weighted by Crippen LogP contribution is 2.31. The molecule has 0 N–H and O–H groups in total. The van der Waals surface area contributed by atoms with Gasteiger partial charge in [-0.1, -0.05) is 0 Å². The molecule has 0 aliphatic carbocycles. The predicted octanol–water partition coefficient (Wildman–Crippen LogP) is 2.83. The van der Waals surface area contributed by atoms with Crippen LogP contribution in [0.5, 0.6) is 11.5 Å². The highest BCUT2D eigenvalue weighted by molar-refractivity contribution is 14.1. The lowest BCUT2D eigenvalue weighted by atomic mass is 10.2. The van der Waals surface area contributed by atoms with Crippen molar-refractivity contribution in [3.63, 3.8) is 0 Å². The SMILES string of the molecule is C#CC[C@H](C)OC(=O)c1c(I)cc(OCOC)cc1OCOC. The minimum Gasteiger partial charge on any atom is -0.467 e. The molecule has 0 saturated heterocycles. The number of hydrogen-bond donors (Lipinski definition) is 0. The van der Waals surface area contributed by atoms with Gasteiger partial charge in [0.15, 0.2) is 13.6 Å². The Morgan fingerprint density at radius 3 is 2.52 bits per heavy atom. The molecule has 0 radical (unpaired) electrons. The summed E-state index contributed by atoms with van der Waals surface area (Å²) in [5.74, 6) is 2.76. The van der Waals surface area contributed by atoms with E-state index in [1.165, 1.54) is 14.2 Å². The Labute approximate surface area is 149 Å². The van der Waals surface area contributed by atoms with E-state index >= 15 is 0 Å². The Bertz CT molecular complexity index is 566. The first-order valence-electron chi connectivity index (χ1n) is 6.74. The fourth-order valence-electron chi connectivity index (χ4n) is 1.65. The molecular formula is C16H19IO6. The van der Waals surface area contributed by atoms with Crippen LogP contribution in [0.1, 0.15) is 23.7 Å². The van der Waals surface area contributed by atoms with E-state index in [1.54, 1.807) is 19.1 Å². The summed E-state index contributed by atoms with van der Waals surface area (Å²) in [4.78, 5) is 12.4. The van der Waals surface area contributed by atoms with Crippen LogP contribution in [-0.4, -0.2) is 39.9 Å². The molecule has 0 aliphatic heterocycles. The van der Waals surface area contributed by atoms with E-state index in [2.05, 4.69) is 5.92 Å². The summed E-state index contributed by atoms with van der Waals surface area (Å²) in [5.41, 5.74) is 0.302. The number of rotatable bonds is 9. The first kappa shape index (κ1) is 19.5. The van der Waals surface area contributed by atoms with Crippen LogP contribution >= 0.6 is 22.6 Å². The fourth-order valence-corrected chi connectivity index (χ4v) is 2.44. The van der Waals surface area contributed by atoms with E-state index in [0.29, 0.717) is 27.1 Å². The van der Waals surface area contributed by atoms with Crippen molar-refractivity contribution in [1.82, 2.24) is 0 Å². The third kappa shape index (κ3) is 6.25. The van der Waals surface area contributed by atoms with Crippen molar-refractivity contribution in [2.45, 2.75) is 19.4 Å². The highest BCUT2D eigenvalue weighted by Gasteiger charge is 2.22. The standard InChI is InChI=1S/C16H19IO6/c1-5-6-11(2)23-16(18)15-13(17)7-12(21-9-19-3)8-14(15)22-10-20-4/h1,7-8,11H,6,9-10H2,2-4H3/t11-/m0/s1. The van der Waals surface area contributed by atoms with Crippen molar-refractivity contribution < 1.29 is 28.5 Å². The van der Waals surface area contributed by atoms with E-state index < -0.39 is 5.97 Å². The molecule has 0 spiro atoms. The molecule has 0 bridgehead atoms. The smallest absolute Gasteiger partial charge is 0.343 e. The van der Waals surface area contributed by atoms with E-state index in [0.717, 1.165) is 0 Å². The molecule has 1 aromatic rings. The number of methoxy groups -OCH3 is 2. The zero-order valence-corrected chi connectivity index (χ0v) is 15.4. The van der Waals surface area contributed by atoms with E-state index in [-0.39, 0.29) is 19.7 Å². The molecule has 0 heterocycles. The van der Waals surface area contributed by atoms with Crippen LogP contribution in [0.25, 0.3) is 0 Å². The number of carbonyl (C=O) groups excluding carboxylic acids is 1. The van der Waals surface area contributed by atoms with Gasteiger partial charge in [0.1, 0.15) is 23.2 Å². The van der Waals surface area contributed by atoms with Crippen LogP contribution in [0.4, 0.5) is 0 Å². The number of terminal acetylenes is 1. The number of ether oxygens (including phenoxy) is 5. The van der Waals surface area contributed by atoms with Crippen molar-refractivity contribution in [2.75, 3.05) is 27.8 Å². The average Bonchev–Trinajstić information content (AvgIpc) is 2.50. The summed E-state index contributed by atoms with van der Waals surface area (Å²) in [6, 6.07) is 3.28. The normalized spacial score (nSPS) is 11.4. The van der Waals surface area contributed by atoms with Crippen LogP contribution < -0.4 is 9.47 Å². The summed E-state index contributed by atoms with van der Waals surface area (Å²) in [6.07, 6.45) is 5.18. The predicted molar refractivity (Wildman–Crippen MR) is 92.5 cm³/mol.